The zero-order chi connectivity index (χ0) is 14.7. The summed E-state index contributed by atoms with van der Waals surface area (Å²) < 4.78 is 6.35. The molecule has 1 aromatic heterocycles. The van der Waals surface area contributed by atoms with E-state index < -0.39 is 0 Å². The van der Waals surface area contributed by atoms with Gasteiger partial charge in [0.2, 0.25) is 0 Å². The van der Waals surface area contributed by atoms with Crippen molar-refractivity contribution in [2.45, 2.75) is 13.2 Å². The van der Waals surface area contributed by atoms with Gasteiger partial charge in [-0.25, -0.2) is 0 Å². The van der Waals surface area contributed by atoms with Crippen molar-refractivity contribution in [3.63, 3.8) is 0 Å². The molecular formula is C17H17BrN2O. The topological polar surface area (TPSA) is 37.0 Å². The van der Waals surface area contributed by atoms with Gasteiger partial charge in [-0.05, 0) is 29.1 Å². The minimum Gasteiger partial charge on any atom is -0.381 e. The average molecular weight is 345 g/mol. The number of anilines is 1. The molecule has 108 valence electrons. The number of fused-ring (bicyclic) bond motifs is 1. The minimum atomic E-state index is 0.580. The van der Waals surface area contributed by atoms with Crippen LogP contribution in [0.5, 0.6) is 0 Å². The molecule has 0 atom stereocenters. The lowest BCUT2D eigenvalue weighted by molar-refractivity contribution is 0.185. The first kappa shape index (κ1) is 14.2. The van der Waals surface area contributed by atoms with Crippen LogP contribution in [0, 0.1) is 0 Å². The fraction of sp³-hybridized carbons (Fsp3) is 0.176. The molecule has 2 N–H and O–H groups in total. The van der Waals surface area contributed by atoms with Crippen molar-refractivity contribution < 1.29 is 4.74 Å². The number of hydrogen-bond acceptors (Lipinski definition) is 2. The zero-order valence-electron chi connectivity index (χ0n) is 11.8. The molecule has 3 aromatic rings. The average Bonchev–Trinajstić information content (AvgIpc) is 2.97. The molecule has 0 spiro atoms. The number of aromatic amines is 1. The normalized spacial score (nSPS) is 11.0. The molecular weight excluding hydrogens is 328 g/mol. The van der Waals surface area contributed by atoms with Crippen LogP contribution in [-0.2, 0) is 17.9 Å². The highest BCUT2D eigenvalue weighted by atomic mass is 79.9. The minimum absolute atomic E-state index is 0.580. The Morgan fingerprint density at radius 2 is 2.00 bits per heavy atom. The number of hydrogen-bond donors (Lipinski definition) is 2. The van der Waals surface area contributed by atoms with Crippen molar-refractivity contribution in [3.05, 3.63) is 64.3 Å². The molecule has 1 heterocycles. The van der Waals surface area contributed by atoms with Crippen LogP contribution in [0.3, 0.4) is 0 Å². The van der Waals surface area contributed by atoms with E-state index in [1.54, 1.807) is 7.11 Å². The maximum Gasteiger partial charge on any atom is 0.0744 e. The first-order chi connectivity index (χ1) is 10.3. The van der Waals surface area contributed by atoms with Gasteiger partial charge in [-0.15, -0.1) is 0 Å². The van der Waals surface area contributed by atoms with Gasteiger partial charge in [0.1, 0.15) is 0 Å². The van der Waals surface area contributed by atoms with Crippen LogP contribution < -0.4 is 5.32 Å². The van der Waals surface area contributed by atoms with Crippen LogP contribution in [0.4, 0.5) is 5.69 Å². The summed E-state index contributed by atoms with van der Waals surface area (Å²) in [5, 5.41) is 4.74. The smallest absolute Gasteiger partial charge is 0.0744 e. The van der Waals surface area contributed by atoms with Crippen LogP contribution >= 0.6 is 15.9 Å². The second-order valence-corrected chi connectivity index (χ2v) is 5.77. The molecule has 21 heavy (non-hydrogen) atoms. The van der Waals surface area contributed by atoms with Gasteiger partial charge in [-0.3, -0.25) is 0 Å². The Bertz CT molecular complexity index is 751. The molecule has 0 fully saturated rings. The molecule has 4 heteroatoms. The Balaban J connectivity index is 1.85. The van der Waals surface area contributed by atoms with Gasteiger partial charge in [0.25, 0.3) is 0 Å². The predicted molar refractivity (Wildman–Crippen MR) is 90.5 cm³/mol. The van der Waals surface area contributed by atoms with Crippen LogP contribution in [0.2, 0.25) is 0 Å². The van der Waals surface area contributed by atoms with Gasteiger partial charge >= 0.3 is 0 Å². The Labute approximate surface area is 132 Å². The zero-order valence-corrected chi connectivity index (χ0v) is 13.4. The summed E-state index contributed by atoms with van der Waals surface area (Å²) in [5.74, 6) is 0. The summed E-state index contributed by atoms with van der Waals surface area (Å²) in [6, 6.07) is 14.6. The standard InChI is InChI=1S/C17H17BrN2O/c1-21-11-14-15(18)6-3-7-16(14)20-10-13-5-2-4-12-8-9-19-17(12)13/h2-9,19-20H,10-11H2,1H3. The molecule has 0 aliphatic heterocycles. The number of rotatable bonds is 5. The predicted octanol–water partition coefficient (Wildman–Crippen LogP) is 4.69. The maximum absolute atomic E-state index is 5.28. The Hall–Kier alpha value is -1.78. The van der Waals surface area contributed by atoms with E-state index >= 15 is 0 Å². The molecule has 0 saturated carbocycles. The Morgan fingerprint density at radius 3 is 2.86 bits per heavy atom. The van der Waals surface area contributed by atoms with Gasteiger partial charge in [0.15, 0.2) is 0 Å². The number of ether oxygens (including phenoxy) is 1. The highest BCUT2D eigenvalue weighted by Gasteiger charge is 2.07. The van der Waals surface area contributed by atoms with E-state index in [4.69, 9.17) is 4.74 Å². The van der Waals surface area contributed by atoms with E-state index in [1.165, 1.54) is 16.5 Å². The van der Waals surface area contributed by atoms with Crippen LogP contribution in [0.25, 0.3) is 10.9 Å². The summed E-state index contributed by atoms with van der Waals surface area (Å²) in [6.45, 7) is 1.35. The highest BCUT2D eigenvalue weighted by molar-refractivity contribution is 9.10. The number of para-hydroxylation sites is 1. The molecule has 0 aliphatic rings. The number of H-pyrrole nitrogens is 1. The fourth-order valence-electron chi connectivity index (χ4n) is 2.50. The molecule has 3 nitrogen and oxygen atoms in total. The largest absolute Gasteiger partial charge is 0.381 e. The van der Waals surface area contributed by atoms with E-state index in [-0.39, 0.29) is 0 Å². The Kier molecular flexibility index (Phi) is 4.27. The van der Waals surface area contributed by atoms with Gasteiger partial charge in [0.05, 0.1) is 12.1 Å². The lowest BCUT2D eigenvalue weighted by Gasteiger charge is -2.13. The maximum atomic E-state index is 5.28. The SMILES string of the molecule is COCc1c(Br)cccc1NCc1cccc2cc[nH]c12. The van der Waals surface area contributed by atoms with Crippen LogP contribution in [-0.4, -0.2) is 12.1 Å². The van der Waals surface area contributed by atoms with Crippen molar-refractivity contribution in [1.82, 2.24) is 4.98 Å². The van der Waals surface area contributed by atoms with Crippen LogP contribution in [0.15, 0.2) is 53.1 Å². The molecule has 0 bridgehead atoms. The summed E-state index contributed by atoms with van der Waals surface area (Å²) >= 11 is 3.58. The first-order valence-corrected chi connectivity index (χ1v) is 7.64. The summed E-state index contributed by atoms with van der Waals surface area (Å²) in [5.41, 5.74) is 4.67. The van der Waals surface area contributed by atoms with Gasteiger partial charge in [-0.1, -0.05) is 40.2 Å². The summed E-state index contributed by atoms with van der Waals surface area (Å²) in [6.07, 6.45) is 1.98. The summed E-state index contributed by atoms with van der Waals surface area (Å²) in [7, 11) is 1.71. The molecule has 0 aliphatic carbocycles. The van der Waals surface area contributed by atoms with Crippen LogP contribution in [0.1, 0.15) is 11.1 Å². The Morgan fingerprint density at radius 1 is 1.14 bits per heavy atom. The van der Waals surface area contributed by atoms with E-state index in [9.17, 15) is 0 Å². The molecule has 0 unspecified atom stereocenters. The number of benzene rings is 2. The third-order valence-corrected chi connectivity index (χ3v) is 4.29. The van der Waals surface area contributed by atoms with Gasteiger partial charge < -0.3 is 15.0 Å². The third-order valence-electron chi connectivity index (χ3n) is 3.55. The molecule has 0 amide bonds. The molecule has 0 radical (unpaired) electrons. The number of nitrogens with one attached hydrogen (secondary N) is 2. The second-order valence-electron chi connectivity index (χ2n) is 4.91. The quantitative estimate of drug-likeness (QED) is 0.704. The molecule has 3 rings (SSSR count). The fourth-order valence-corrected chi connectivity index (χ4v) is 2.98. The lowest BCUT2D eigenvalue weighted by atomic mass is 10.1. The molecule has 0 saturated heterocycles. The van der Waals surface area contributed by atoms with Gasteiger partial charge in [-0.2, -0.15) is 0 Å². The van der Waals surface area contributed by atoms with E-state index in [0.29, 0.717) is 6.61 Å². The highest BCUT2D eigenvalue weighted by Crippen LogP contribution is 2.26. The monoisotopic (exact) mass is 344 g/mol. The van der Waals surface area contributed by atoms with Crippen molar-refractivity contribution in [1.29, 1.82) is 0 Å². The third kappa shape index (κ3) is 2.96. The number of halogens is 1. The van der Waals surface area contributed by atoms with E-state index in [1.807, 2.05) is 18.3 Å². The van der Waals surface area contributed by atoms with Crippen molar-refractivity contribution in [2.75, 3.05) is 12.4 Å². The lowest BCUT2D eigenvalue weighted by Crippen LogP contribution is -2.04. The van der Waals surface area contributed by atoms with Crippen molar-refractivity contribution >= 4 is 32.5 Å². The van der Waals surface area contributed by atoms with E-state index in [2.05, 4.69) is 56.6 Å². The number of methoxy groups -OCH3 is 1. The van der Waals surface area contributed by atoms with Crippen molar-refractivity contribution in [2.24, 2.45) is 0 Å². The first-order valence-electron chi connectivity index (χ1n) is 6.85. The van der Waals surface area contributed by atoms with Crippen molar-refractivity contribution in [3.8, 4) is 0 Å². The second kappa shape index (κ2) is 6.33. The number of aromatic nitrogens is 1. The summed E-state index contributed by atoms with van der Waals surface area (Å²) in [4.78, 5) is 3.30. The van der Waals surface area contributed by atoms with E-state index in [0.717, 1.165) is 22.3 Å². The molecule has 2 aromatic carbocycles. The van der Waals surface area contributed by atoms with Gasteiger partial charge in [0, 0.05) is 35.6 Å².